The molecule has 0 spiro atoms. The first-order chi connectivity index (χ1) is 12.4. The second kappa shape index (κ2) is 7.37. The molecular formula is C19H18F3NO3. The van der Waals surface area contributed by atoms with Crippen molar-refractivity contribution in [2.45, 2.75) is 30.9 Å². The zero-order chi connectivity index (χ0) is 18.8. The predicted molar refractivity (Wildman–Crippen MR) is 88.4 cm³/mol. The van der Waals surface area contributed by atoms with Gasteiger partial charge in [-0.1, -0.05) is 24.3 Å². The van der Waals surface area contributed by atoms with Gasteiger partial charge in [-0.15, -0.1) is 0 Å². The number of carboxylic acid groups (broad SMARTS) is 1. The Kier molecular flexibility index (Phi) is 5.18. The number of amides is 1. The van der Waals surface area contributed by atoms with Crippen molar-refractivity contribution in [3.8, 4) is 0 Å². The Labute approximate surface area is 148 Å². The second-order valence-electron chi connectivity index (χ2n) is 6.35. The molecule has 1 saturated heterocycles. The topological polar surface area (TPSA) is 60.8 Å². The fraction of sp³-hybridized carbons (Fsp3) is 0.316. The van der Waals surface area contributed by atoms with Crippen LogP contribution in [0.25, 0.3) is 0 Å². The minimum atomic E-state index is -1.35. The number of likely N-dealkylation sites (tertiary alicyclic amines) is 1. The van der Waals surface area contributed by atoms with Crippen LogP contribution in [0.5, 0.6) is 0 Å². The highest BCUT2D eigenvalue weighted by atomic mass is 19.2. The summed E-state index contributed by atoms with van der Waals surface area (Å²) >= 11 is 0. The lowest BCUT2D eigenvalue weighted by Gasteiger charge is -2.32. The van der Waals surface area contributed by atoms with Crippen molar-refractivity contribution in [3.05, 3.63) is 71.0 Å². The summed E-state index contributed by atoms with van der Waals surface area (Å²) in [7, 11) is 0. The quantitative estimate of drug-likeness (QED) is 0.868. The van der Waals surface area contributed by atoms with Gasteiger partial charge >= 0.3 is 6.09 Å². The molecular weight excluding hydrogens is 347 g/mol. The number of aliphatic hydroxyl groups is 1. The van der Waals surface area contributed by atoms with E-state index in [9.17, 15) is 28.2 Å². The number of halogens is 3. The van der Waals surface area contributed by atoms with Crippen molar-refractivity contribution >= 4 is 6.09 Å². The van der Waals surface area contributed by atoms with Gasteiger partial charge in [0.1, 0.15) is 5.82 Å². The molecule has 0 saturated carbocycles. The number of benzene rings is 2. The molecule has 0 aliphatic carbocycles. The zero-order valence-electron chi connectivity index (χ0n) is 13.8. The van der Waals surface area contributed by atoms with E-state index in [0.29, 0.717) is 12.8 Å². The third-order valence-electron chi connectivity index (χ3n) is 4.81. The highest BCUT2D eigenvalue weighted by Gasteiger charge is 2.40. The molecule has 3 atom stereocenters. The fourth-order valence-electron chi connectivity index (χ4n) is 3.63. The molecule has 2 aromatic rings. The molecule has 26 heavy (non-hydrogen) atoms. The monoisotopic (exact) mass is 365 g/mol. The molecule has 138 valence electrons. The summed E-state index contributed by atoms with van der Waals surface area (Å²) in [4.78, 5) is 12.5. The van der Waals surface area contributed by atoms with Gasteiger partial charge in [0.25, 0.3) is 0 Å². The molecule has 3 rings (SSSR count). The van der Waals surface area contributed by atoms with Gasteiger partial charge in [0, 0.05) is 18.0 Å². The Hall–Kier alpha value is -2.54. The van der Waals surface area contributed by atoms with Crippen molar-refractivity contribution < 1.29 is 28.2 Å². The van der Waals surface area contributed by atoms with E-state index >= 15 is 0 Å². The first-order valence-corrected chi connectivity index (χ1v) is 8.27. The van der Waals surface area contributed by atoms with Gasteiger partial charge in [-0.05, 0) is 36.6 Å². The van der Waals surface area contributed by atoms with Crippen molar-refractivity contribution in [1.29, 1.82) is 0 Å². The lowest BCUT2D eigenvalue weighted by atomic mass is 9.82. The molecule has 4 nitrogen and oxygen atoms in total. The summed E-state index contributed by atoms with van der Waals surface area (Å²) in [6.45, 7) is 0.249. The Morgan fingerprint density at radius 1 is 1.15 bits per heavy atom. The number of aliphatic hydroxyl groups excluding tert-OH is 1. The van der Waals surface area contributed by atoms with Crippen LogP contribution in [0, 0.1) is 17.5 Å². The predicted octanol–water partition coefficient (Wildman–Crippen LogP) is 3.74. The molecule has 1 amide bonds. The molecule has 1 heterocycles. The second-order valence-corrected chi connectivity index (χ2v) is 6.35. The average Bonchev–Trinajstić information content (AvgIpc) is 3.09. The third-order valence-corrected chi connectivity index (χ3v) is 4.81. The summed E-state index contributed by atoms with van der Waals surface area (Å²) in [6, 6.07) is 8.03. The van der Waals surface area contributed by atoms with Crippen LogP contribution in [0.4, 0.5) is 18.0 Å². The molecule has 1 aliphatic rings. The lowest BCUT2D eigenvalue weighted by molar-refractivity contribution is 0.0575. The van der Waals surface area contributed by atoms with Crippen molar-refractivity contribution in [3.63, 3.8) is 0 Å². The Morgan fingerprint density at radius 3 is 2.58 bits per heavy atom. The van der Waals surface area contributed by atoms with Crippen LogP contribution in [0.1, 0.15) is 29.9 Å². The van der Waals surface area contributed by atoms with E-state index in [4.69, 9.17) is 0 Å². The highest BCUT2D eigenvalue weighted by molar-refractivity contribution is 5.66. The maximum absolute atomic E-state index is 14.4. The fourth-order valence-corrected chi connectivity index (χ4v) is 3.63. The molecule has 0 radical (unpaired) electrons. The van der Waals surface area contributed by atoms with Crippen LogP contribution in [0.3, 0.4) is 0 Å². The maximum Gasteiger partial charge on any atom is 0.407 e. The Morgan fingerprint density at radius 2 is 1.88 bits per heavy atom. The van der Waals surface area contributed by atoms with E-state index in [1.54, 1.807) is 0 Å². The van der Waals surface area contributed by atoms with Crippen molar-refractivity contribution in [2.75, 3.05) is 6.54 Å². The average molecular weight is 365 g/mol. The third kappa shape index (κ3) is 3.39. The van der Waals surface area contributed by atoms with E-state index in [-0.39, 0.29) is 17.7 Å². The summed E-state index contributed by atoms with van der Waals surface area (Å²) in [5, 5.41) is 20.2. The SMILES string of the molecule is O=C(O)N1CCCC1[C@H](O)[C@H](c1cccc(F)c1)c1cccc(F)c1F. The number of hydrogen-bond acceptors (Lipinski definition) is 2. The summed E-state index contributed by atoms with van der Waals surface area (Å²) in [5.74, 6) is -3.91. The van der Waals surface area contributed by atoms with Crippen LogP contribution in [-0.2, 0) is 0 Å². The molecule has 0 aromatic heterocycles. The molecule has 2 aromatic carbocycles. The van der Waals surface area contributed by atoms with E-state index in [1.807, 2.05) is 0 Å². The molecule has 1 aliphatic heterocycles. The molecule has 7 heteroatoms. The number of rotatable bonds is 4. The molecule has 2 N–H and O–H groups in total. The van der Waals surface area contributed by atoms with Gasteiger partial charge in [-0.3, -0.25) is 0 Å². The van der Waals surface area contributed by atoms with Crippen molar-refractivity contribution in [1.82, 2.24) is 4.90 Å². The lowest BCUT2D eigenvalue weighted by Crippen LogP contribution is -2.45. The van der Waals surface area contributed by atoms with E-state index < -0.39 is 41.6 Å². The summed E-state index contributed by atoms with van der Waals surface area (Å²) in [6.07, 6.45) is -1.61. The number of carbonyl (C=O) groups is 1. The first-order valence-electron chi connectivity index (χ1n) is 8.27. The standard InChI is InChI=1S/C19H18F3NO3/c20-12-5-1-4-11(10-12)16(13-6-2-7-14(21)17(13)22)18(24)15-8-3-9-23(15)19(25)26/h1-2,4-7,10,15-16,18,24H,3,8-9H2,(H,25,26)/t15?,16-,18+/m1/s1. The smallest absolute Gasteiger partial charge is 0.407 e. The largest absolute Gasteiger partial charge is 0.465 e. The maximum atomic E-state index is 14.4. The van der Waals surface area contributed by atoms with Crippen LogP contribution in [0.15, 0.2) is 42.5 Å². The van der Waals surface area contributed by atoms with Crippen molar-refractivity contribution in [2.24, 2.45) is 0 Å². The van der Waals surface area contributed by atoms with Crippen LogP contribution >= 0.6 is 0 Å². The number of hydrogen-bond donors (Lipinski definition) is 2. The van der Waals surface area contributed by atoms with Crippen LogP contribution < -0.4 is 0 Å². The van der Waals surface area contributed by atoms with E-state index in [1.165, 1.54) is 30.3 Å². The number of nitrogens with zero attached hydrogens (tertiary/aromatic N) is 1. The van der Waals surface area contributed by atoms with E-state index in [0.717, 1.165) is 17.0 Å². The Balaban J connectivity index is 2.09. The zero-order valence-corrected chi connectivity index (χ0v) is 13.8. The Bertz CT molecular complexity index is 814. The summed E-state index contributed by atoms with van der Waals surface area (Å²) < 4.78 is 41.9. The minimum absolute atomic E-state index is 0.139. The normalized spacial score (nSPS) is 19.4. The van der Waals surface area contributed by atoms with Gasteiger partial charge in [0.05, 0.1) is 12.1 Å². The minimum Gasteiger partial charge on any atom is -0.465 e. The van der Waals surface area contributed by atoms with Gasteiger partial charge in [0.2, 0.25) is 0 Å². The molecule has 1 unspecified atom stereocenters. The van der Waals surface area contributed by atoms with Gasteiger partial charge in [-0.2, -0.15) is 0 Å². The summed E-state index contributed by atoms with van der Waals surface area (Å²) in [5.41, 5.74) is 0.111. The van der Waals surface area contributed by atoms with Crippen LogP contribution in [-0.4, -0.2) is 39.9 Å². The highest BCUT2D eigenvalue weighted by Crippen LogP contribution is 2.36. The first kappa shape index (κ1) is 18.3. The van der Waals surface area contributed by atoms with Gasteiger partial charge in [-0.25, -0.2) is 18.0 Å². The van der Waals surface area contributed by atoms with Gasteiger partial charge < -0.3 is 15.1 Å². The molecule has 0 bridgehead atoms. The van der Waals surface area contributed by atoms with E-state index in [2.05, 4.69) is 0 Å². The molecule has 1 fully saturated rings. The van der Waals surface area contributed by atoms with Gasteiger partial charge in [0.15, 0.2) is 11.6 Å². The van der Waals surface area contributed by atoms with Crippen LogP contribution in [0.2, 0.25) is 0 Å².